The Morgan fingerprint density at radius 3 is 3.00 bits per heavy atom. The van der Waals surface area contributed by atoms with Gasteiger partial charge < -0.3 is 15.2 Å². The van der Waals surface area contributed by atoms with E-state index < -0.39 is 0 Å². The maximum atomic E-state index is 12.1. The maximum Gasteiger partial charge on any atom is 0.251 e. The van der Waals surface area contributed by atoms with Crippen LogP contribution >= 0.6 is 0 Å². The van der Waals surface area contributed by atoms with Gasteiger partial charge in [0.15, 0.2) is 0 Å². The number of rotatable bonds is 7. The van der Waals surface area contributed by atoms with Gasteiger partial charge in [0.1, 0.15) is 0 Å². The predicted octanol–water partition coefficient (Wildman–Crippen LogP) is 1.36. The molecule has 1 aromatic carbocycles. The number of benzene rings is 1. The first-order valence-electron chi connectivity index (χ1n) is 6.63. The van der Waals surface area contributed by atoms with Gasteiger partial charge in [-0.3, -0.25) is 9.78 Å². The van der Waals surface area contributed by atoms with Crippen molar-refractivity contribution in [2.45, 2.75) is 6.42 Å². The number of aromatic nitrogens is 1. The molecule has 2 aromatic rings. The molecular formula is C15H18N2O3. The summed E-state index contributed by atoms with van der Waals surface area (Å²) in [7, 11) is 0. The molecule has 20 heavy (non-hydrogen) atoms. The van der Waals surface area contributed by atoms with Crippen molar-refractivity contribution in [3.63, 3.8) is 0 Å². The molecule has 1 heterocycles. The smallest absolute Gasteiger partial charge is 0.251 e. The molecule has 1 amide bonds. The quantitative estimate of drug-likeness (QED) is 0.748. The number of hydrogen-bond acceptors (Lipinski definition) is 4. The second kappa shape index (κ2) is 7.57. The lowest BCUT2D eigenvalue weighted by Gasteiger charge is -2.07. The Morgan fingerprint density at radius 1 is 1.25 bits per heavy atom. The number of nitrogens with zero attached hydrogens (tertiary/aromatic N) is 1. The summed E-state index contributed by atoms with van der Waals surface area (Å²) in [5.41, 5.74) is 1.44. The van der Waals surface area contributed by atoms with E-state index in [2.05, 4.69) is 10.3 Å². The molecule has 0 atom stereocenters. The van der Waals surface area contributed by atoms with Gasteiger partial charge >= 0.3 is 0 Å². The number of fused-ring (bicyclic) bond motifs is 1. The average molecular weight is 274 g/mol. The van der Waals surface area contributed by atoms with Gasteiger partial charge in [-0.25, -0.2) is 0 Å². The van der Waals surface area contributed by atoms with Crippen LogP contribution in [-0.4, -0.2) is 42.4 Å². The summed E-state index contributed by atoms with van der Waals surface area (Å²) in [6.07, 6.45) is 2.43. The number of hydrogen-bond donors (Lipinski definition) is 2. The molecule has 0 bridgehead atoms. The monoisotopic (exact) mass is 274 g/mol. The number of carbonyl (C=O) groups excluding carboxylic acids is 1. The first-order valence-corrected chi connectivity index (χ1v) is 6.63. The third kappa shape index (κ3) is 3.76. The minimum absolute atomic E-state index is 0.0232. The minimum Gasteiger partial charge on any atom is -0.394 e. The van der Waals surface area contributed by atoms with Crippen LogP contribution in [0.4, 0.5) is 0 Å². The molecule has 0 aliphatic carbocycles. The van der Waals surface area contributed by atoms with E-state index in [0.29, 0.717) is 25.3 Å². The molecule has 0 spiro atoms. The highest BCUT2D eigenvalue weighted by atomic mass is 16.5. The number of carbonyl (C=O) groups is 1. The normalized spacial score (nSPS) is 10.7. The molecule has 0 saturated heterocycles. The van der Waals surface area contributed by atoms with Crippen molar-refractivity contribution in [3.8, 4) is 0 Å². The highest BCUT2D eigenvalue weighted by Crippen LogP contribution is 2.16. The largest absolute Gasteiger partial charge is 0.394 e. The summed E-state index contributed by atoms with van der Waals surface area (Å²) >= 11 is 0. The van der Waals surface area contributed by atoms with Gasteiger partial charge in [-0.2, -0.15) is 0 Å². The van der Waals surface area contributed by atoms with Crippen LogP contribution < -0.4 is 5.32 Å². The van der Waals surface area contributed by atoms with E-state index in [0.717, 1.165) is 17.3 Å². The van der Waals surface area contributed by atoms with E-state index in [4.69, 9.17) is 9.84 Å². The van der Waals surface area contributed by atoms with Gasteiger partial charge in [-0.1, -0.05) is 12.1 Å². The van der Waals surface area contributed by atoms with Crippen molar-refractivity contribution in [3.05, 3.63) is 42.1 Å². The molecule has 2 N–H and O–H groups in total. The Bertz CT molecular complexity index is 567. The molecule has 106 valence electrons. The van der Waals surface area contributed by atoms with Gasteiger partial charge in [0.2, 0.25) is 0 Å². The van der Waals surface area contributed by atoms with Gasteiger partial charge in [0.25, 0.3) is 5.91 Å². The number of pyridine rings is 1. The summed E-state index contributed by atoms with van der Waals surface area (Å²) in [6.45, 7) is 1.43. The number of aliphatic hydroxyl groups is 1. The van der Waals surface area contributed by atoms with Crippen LogP contribution in [0.15, 0.2) is 36.5 Å². The fourth-order valence-electron chi connectivity index (χ4n) is 1.94. The van der Waals surface area contributed by atoms with E-state index in [-0.39, 0.29) is 12.5 Å². The van der Waals surface area contributed by atoms with E-state index in [9.17, 15) is 4.79 Å². The van der Waals surface area contributed by atoms with E-state index in [1.165, 1.54) is 0 Å². The van der Waals surface area contributed by atoms with E-state index in [1.54, 1.807) is 12.3 Å². The number of amides is 1. The average Bonchev–Trinajstić information content (AvgIpc) is 2.50. The predicted molar refractivity (Wildman–Crippen MR) is 76.6 cm³/mol. The Balaban J connectivity index is 1.91. The number of ether oxygens (including phenoxy) is 1. The van der Waals surface area contributed by atoms with Crippen LogP contribution in [0.3, 0.4) is 0 Å². The zero-order chi connectivity index (χ0) is 14.2. The molecule has 5 nitrogen and oxygen atoms in total. The van der Waals surface area contributed by atoms with Gasteiger partial charge in [0.05, 0.1) is 18.7 Å². The Kier molecular flexibility index (Phi) is 5.46. The summed E-state index contributed by atoms with van der Waals surface area (Å²) in [6, 6.07) is 9.22. The summed E-state index contributed by atoms with van der Waals surface area (Å²) < 4.78 is 5.13. The molecule has 0 saturated carbocycles. The fraction of sp³-hybridized carbons (Fsp3) is 0.333. The van der Waals surface area contributed by atoms with Crippen LogP contribution in [0.1, 0.15) is 16.8 Å². The third-order valence-corrected chi connectivity index (χ3v) is 2.88. The Labute approximate surface area is 117 Å². The second-order valence-corrected chi connectivity index (χ2v) is 4.32. The van der Waals surface area contributed by atoms with Crippen LogP contribution in [0, 0.1) is 0 Å². The molecule has 2 rings (SSSR count). The fourth-order valence-corrected chi connectivity index (χ4v) is 1.94. The summed E-state index contributed by atoms with van der Waals surface area (Å²) in [4.78, 5) is 16.4. The van der Waals surface area contributed by atoms with Crippen molar-refractivity contribution in [2.24, 2.45) is 0 Å². The molecule has 0 aliphatic rings. The molecule has 0 radical (unpaired) electrons. The van der Waals surface area contributed by atoms with Crippen LogP contribution in [0.25, 0.3) is 10.9 Å². The van der Waals surface area contributed by atoms with Crippen molar-refractivity contribution < 1.29 is 14.6 Å². The highest BCUT2D eigenvalue weighted by Gasteiger charge is 2.09. The van der Waals surface area contributed by atoms with Crippen molar-refractivity contribution in [1.82, 2.24) is 10.3 Å². The van der Waals surface area contributed by atoms with Gasteiger partial charge in [0, 0.05) is 30.3 Å². The van der Waals surface area contributed by atoms with Crippen molar-refractivity contribution in [2.75, 3.05) is 26.4 Å². The second-order valence-electron chi connectivity index (χ2n) is 4.32. The van der Waals surface area contributed by atoms with Gasteiger partial charge in [-0.05, 0) is 24.6 Å². The van der Waals surface area contributed by atoms with E-state index in [1.807, 2.05) is 24.3 Å². The highest BCUT2D eigenvalue weighted by molar-refractivity contribution is 6.06. The topological polar surface area (TPSA) is 71.5 Å². The SMILES string of the molecule is O=C(NCCCOCCO)c1cccc2ncccc12. The lowest BCUT2D eigenvalue weighted by atomic mass is 10.1. The Morgan fingerprint density at radius 2 is 2.15 bits per heavy atom. The Hall–Kier alpha value is -1.98. The molecule has 0 aliphatic heterocycles. The standard InChI is InChI=1S/C15H18N2O3/c18-9-11-20-10-3-8-17-15(19)13-4-1-6-14-12(13)5-2-7-16-14/h1-2,4-7,18H,3,8-11H2,(H,17,19). The molecule has 1 aromatic heterocycles. The van der Waals surface area contributed by atoms with Crippen molar-refractivity contribution >= 4 is 16.8 Å². The molecule has 0 unspecified atom stereocenters. The first-order chi connectivity index (χ1) is 9.83. The summed E-state index contributed by atoms with van der Waals surface area (Å²) in [5.74, 6) is -0.106. The van der Waals surface area contributed by atoms with E-state index >= 15 is 0 Å². The van der Waals surface area contributed by atoms with Gasteiger partial charge in [-0.15, -0.1) is 0 Å². The molecule has 0 fully saturated rings. The minimum atomic E-state index is -0.106. The zero-order valence-electron chi connectivity index (χ0n) is 11.2. The van der Waals surface area contributed by atoms with Crippen LogP contribution in [0.5, 0.6) is 0 Å². The summed E-state index contributed by atoms with van der Waals surface area (Å²) in [5, 5.41) is 12.3. The van der Waals surface area contributed by atoms with Crippen molar-refractivity contribution in [1.29, 1.82) is 0 Å². The third-order valence-electron chi connectivity index (χ3n) is 2.88. The van der Waals surface area contributed by atoms with Crippen LogP contribution in [-0.2, 0) is 4.74 Å². The van der Waals surface area contributed by atoms with Crippen LogP contribution in [0.2, 0.25) is 0 Å². The zero-order valence-corrected chi connectivity index (χ0v) is 11.2. The number of nitrogens with one attached hydrogen (secondary N) is 1. The first kappa shape index (κ1) is 14.4. The molecule has 5 heteroatoms. The molecular weight excluding hydrogens is 256 g/mol. The number of aliphatic hydroxyl groups excluding tert-OH is 1. The lowest BCUT2D eigenvalue weighted by molar-refractivity contribution is 0.0868. The maximum absolute atomic E-state index is 12.1. The lowest BCUT2D eigenvalue weighted by Crippen LogP contribution is -2.25.